The minimum atomic E-state index is -0.827. The molecule has 1 atom stereocenters. The minimum Gasteiger partial charge on any atom is -0.481 e. The Labute approximate surface area is 176 Å². The summed E-state index contributed by atoms with van der Waals surface area (Å²) in [5.41, 5.74) is 2.72. The van der Waals surface area contributed by atoms with Gasteiger partial charge in [0.15, 0.2) is 0 Å². The number of likely N-dealkylation sites (tertiary alicyclic amines) is 1. The lowest BCUT2D eigenvalue weighted by atomic mass is 10.1. The van der Waals surface area contributed by atoms with Crippen LogP contribution < -0.4 is 0 Å². The predicted octanol–water partition coefficient (Wildman–Crippen LogP) is 3.76. The monoisotopic (exact) mass is 418 g/mol. The van der Waals surface area contributed by atoms with Crippen molar-refractivity contribution in [2.75, 3.05) is 19.7 Å². The van der Waals surface area contributed by atoms with Crippen molar-refractivity contribution < 1.29 is 19.4 Å². The van der Waals surface area contributed by atoms with Crippen LogP contribution in [0.5, 0.6) is 0 Å². The number of carbonyl (C=O) groups excluding carboxylic acids is 1. The topological polar surface area (TPSA) is 71.8 Å². The molecule has 1 saturated heterocycles. The molecule has 3 rings (SSSR count). The first-order valence-corrected chi connectivity index (χ1v) is 10.3. The Morgan fingerprint density at radius 1 is 1.28 bits per heavy atom. The van der Waals surface area contributed by atoms with Crippen molar-refractivity contribution in [3.05, 3.63) is 58.4 Å². The zero-order chi connectivity index (χ0) is 20.8. The first-order valence-electron chi connectivity index (χ1n) is 9.94. The molecule has 1 fully saturated rings. The molecule has 0 radical (unpaired) electrons. The number of ether oxygens (including phenoxy) is 1. The third-order valence-electron chi connectivity index (χ3n) is 5.37. The summed E-state index contributed by atoms with van der Waals surface area (Å²) in [5.74, 6) is -1.35. The SMILES string of the molecule is Cn1ccc(C(=O)N2CC[C@H](C(=O)O)C2)c1CCCCOCc1cccc(Cl)c1. The molecule has 1 aromatic carbocycles. The highest BCUT2D eigenvalue weighted by Gasteiger charge is 2.32. The Hall–Kier alpha value is -2.31. The Morgan fingerprint density at radius 3 is 2.83 bits per heavy atom. The van der Waals surface area contributed by atoms with Crippen molar-refractivity contribution >= 4 is 23.5 Å². The Kier molecular flexibility index (Phi) is 7.34. The lowest BCUT2D eigenvalue weighted by molar-refractivity contribution is -0.141. The van der Waals surface area contributed by atoms with Crippen molar-refractivity contribution in [1.29, 1.82) is 0 Å². The smallest absolute Gasteiger partial charge is 0.308 e. The summed E-state index contributed by atoms with van der Waals surface area (Å²) in [4.78, 5) is 25.7. The highest BCUT2D eigenvalue weighted by Crippen LogP contribution is 2.22. The zero-order valence-corrected chi connectivity index (χ0v) is 17.4. The van der Waals surface area contributed by atoms with Crippen molar-refractivity contribution in [2.24, 2.45) is 13.0 Å². The van der Waals surface area contributed by atoms with Gasteiger partial charge in [0.2, 0.25) is 0 Å². The molecule has 156 valence electrons. The number of carboxylic acids is 1. The lowest BCUT2D eigenvalue weighted by Gasteiger charge is -2.17. The molecule has 0 unspecified atom stereocenters. The van der Waals surface area contributed by atoms with Crippen molar-refractivity contribution in [3.63, 3.8) is 0 Å². The van der Waals surface area contributed by atoms with Gasteiger partial charge in [0.05, 0.1) is 18.1 Å². The third-order valence-corrected chi connectivity index (χ3v) is 5.60. The maximum atomic E-state index is 12.9. The van der Waals surface area contributed by atoms with Gasteiger partial charge in [-0.3, -0.25) is 9.59 Å². The molecule has 0 saturated carbocycles. The largest absolute Gasteiger partial charge is 0.481 e. The highest BCUT2D eigenvalue weighted by molar-refractivity contribution is 6.30. The Bertz CT molecular complexity index is 864. The quantitative estimate of drug-likeness (QED) is 0.629. The maximum Gasteiger partial charge on any atom is 0.308 e. The Morgan fingerprint density at radius 2 is 2.10 bits per heavy atom. The number of halogens is 1. The fourth-order valence-electron chi connectivity index (χ4n) is 3.70. The van der Waals surface area contributed by atoms with Gasteiger partial charge in [-0.05, 0) is 49.4 Å². The van der Waals surface area contributed by atoms with Crippen LogP contribution in [-0.2, 0) is 29.6 Å². The second kappa shape index (κ2) is 9.94. The number of rotatable bonds is 9. The molecule has 1 amide bonds. The lowest BCUT2D eigenvalue weighted by Crippen LogP contribution is -2.30. The van der Waals surface area contributed by atoms with Crippen molar-refractivity contribution in [3.8, 4) is 0 Å². The van der Waals surface area contributed by atoms with Crippen LogP contribution in [0.15, 0.2) is 36.5 Å². The summed E-state index contributed by atoms with van der Waals surface area (Å²) in [6.07, 6.45) is 4.99. The van der Waals surface area contributed by atoms with E-state index >= 15 is 0 Å². The van der Waals surface area contributed by atoms with Crippen molar-refractivity contribution in [2.45, 2.75) is 32.3 Å². The van der Waals surface area contributed by atoms with Gasteiger partial charge < -0.3 is 19.3 Å². The molecule has 29 heavy (non-hydrogen) atoms. The molecule has 0 aliphatic carbocycles. The minimum absolute atomic E-state index is 0.0680. The summed E-state index contributed by atoms with van der Waals surface area (Å²) in [6.45, 7) is 1.97. The summed E-state index contributed by atoms with van der Waals surface area (Å²) in [5, 5.41) is 9.86. The molecule has 7 heteroatoms. The van der Waals surface area contributed by atoms with E-state index in [1.807, 2.05) is 48.1 Å². The van der Waals surface area contributed by atoms with E-state index < -0.39 is 11.9 Å². The first kappa shape index (κ1) is 21.4. The van der Waals surface area contributed by atoms with E-state index in [0.29, 0.717) is 43.3 Å². The van der Waals surface area contributed by atoms with Gasteiger partial charge in [-0.15, -0.1) is 0 Å². The van der Waals surface area contributed by atoms with Gasteiger partial charge in [-0.25, -0.2) is 0 Å². The van der Waals surface area contributed by atoms with E-state index in [2.05, 4.69) is 0 Å². The molecule has 0 bridgehead atoms. The highest BCUT2D eigenvalue weighted by atomic mass is 35.5. The van der Waals surface area contributed by atoms with Gasteiger partial charge in [0.1, 0.15) is 0 Å². The molecular weight excluding hydrogens is 392 g/mol. The van der Waals surface area contributed by atoms with Crippen LogP contribution in [0.4, 0.5) is 0 Å². The number of hydrogen-bond donors (Lipinski definition) is 1. The van der Waals surface area contributed by atoms with Crippen LogP contribution in [0.2, 0.25) is 5.02 Å². The maximum absolute atomic E-state index is 12.9. The van der Waals surface area contributed by atoms with Crippen LogP contribution in [0.1, 0.15) is 40.9 Å². The van der Waals surface area contributed by atoms with E-state index in [1.165, 1.54) is 0 Å². The number of hydrogen-bond acceptors (Lipinski definition) is 3. The zero-order valence-electron chi connectivity index (χ0n) is 16.6. The molecule has 1 aliphatic rings. The molecule has 1 aliphatic heterocycles. The number of amides is 1. The van der Waals surface area contributed by atoms with Crippen LogP contribution in [0, 0.1) is 5.92 Å². The van der Waals surface area contributed by atoms with E-state index in [0.717, 1.165) is 30.5 Å². The number of carbonyl (C=O) groups is 2. The van der Waals surface area contributed by atoms with Gasteiger partial charge in [-0.1, -0.05) is 23.7 Å². The van der Waals surface area contributed by atoms with Crippen LogP contribution in [0.25, 0.3) is 0 Å². The van der Waals surface area contributed by atoms with E-state index in [9.17, 15) is 9.59 Å². The number of unbranched alkanes of at least 4 members (excludes halogenated alkanes) is 1. The Balaban J connectivity index is 1.46. The van der Waals surface area contributed by atoms with Crippen molar-refractivity contribution in [1.82, 2.24) is 9.47 Å². The molecule has 1 N–H and O–H groups in total. The average Bonchev–Trinajstić information content (AvgIpc) is 3.32. The van der Waals surface area contributed by atoms with Gasteiger partial charge in [0, 0.05) is 43.7 Å². The standard InChI is InChI=1S/C22H27ClN2O4/c1-24-10-9-19(21(26)25-11-8-17(14-25)22(27)28)20(24)7-2-3-12-29-15-16-5-4-6-18(23)13-16/h4-6,9-10,13,17H,2-3,7-8,11-12,14-15H2,1H3,(H,27,28)/t17-/m0/s1. The number of nitrogens with zero attached hydrogens (tertiary/aromatic N) is 2. The van der Waals surface area contributed by atoms with E-state index in [4.69, 9.17) is 21.4 Å². The molecule has 6 nitrogen and oxygen atoms in total. The first-order chi connectivity index (χ1) is 14.0. The molecule has 2 heterocycles. The summed E-state index contributed by atoms with van der Waals surface area (Å²) in [6, 6.07) is 9.47. The van der Waals surface area contributed by atoms with E-state index in [1.54, 1.807) is 4.90 Å². The number of carboxylic acid groups (broad SMARTS) is 1. The van der Waals surface area contributed by atoms with Crippen LogP contribution >= 0.6 is 11.6 Å². The summed E-state index contributed by atoms with van der Waals surface area (Å²) < 4.78 is 7.70. The van der Waals surface area contributed by atoms with Crippen LogP contribution in [-0.4, -0.2) is 46.1 Å². The van der Waals surface area contributed by atoms with Gasteiger partial charge in [-0.2, -0.15) is 0 Å². The molecular formula is C22H27ClN2O4. The fraction of sp³-hybridized carbons (Fsp3) is 0.455. The number of aliphatic carboxylic acids is 1. The summed E-state index contributed by atoms with van der Waals surface area (Å²) in [7, 11) is 1.94. The van der Waals surface area contributed by atoms with Gasteiger partial charge >= 0.3 is 5.97 Å². The normalized spacial score (nSPS) is 16.3. The number of benzene rings is 1. The van der Waals surface area contributed by atoms with E-state index in [-0.39, 0.29) is 5.91 Å². The second-order valence-corrected chi connectivity index (χ2v) is 7.94. The number of aryl methyl sites for hydroxylation is 1. The molecule has 0 spiro atoms. The number of aromatic nitrogens is 1. The molecule has 1 aromatic heterocycles. The van der Waals surface area contributed by atoms with Crippen LogP contribution in [0.3, 0.4) is 0 Å². The summed E-state index contributed by atoms with van der Waals surface area (Å²) >= 11 is 5.97. The molecule has 2 aromatic rings. The second-order valence-electron chi connectivity index (χ2n) is 7.50. The third kappa shape index (κ3) is 5.61. The van der Waals surface area contributed by atoms with Gasteiger partial charge in [0.25, 0.3) is 5.91 Å². The fourth-order valence-corrected chi connectivity index (χ4v) is 3.91. The predicted molar refractivity (Wildman–Crippen MR) is 111 cm³/mol. The average molecular weight is 419 g/mol.